The van der Waals surface area contributed by atoms with Crippen LogP contribution in [-0.2, 0) is 17.8 Å². The molecule has 9 nitrogen and oxygen atoms in total. The fourth-order valence-electron chi connectivity index (χ4n) is 4.00. The summed E-state index contributed by atoms with van der Waals surface area (Å²) in [7, 11) is 3.16. The summed E-state index contributed by atoms with van der Waals surface area (Å²) >= 11 is 0. The molecule has 1 amide bonds. The number of rotatable bonds is 9. The van der Waals surface area contributed by atoms with Crippen molar-refractivity contribution < 1.29 is 18.8 Å². The van der Waals surface area contributed by atoms with Crippen molar-refractivity contribution in [1.29, 1.82) is 0 Å². The number of nitrogens with zero attached hydrogens (tertiary/aromatic N) is 3. The molecule has 2 heterocycles. The number of ether oxygens (including phenoxy) is 2. The van der Waals surface area contributed by atoms with Gasteiger partial charge in [-0.25, -0.2) is 0 Å². The zero-order chi connectivity index (χ0) is 25.7. The Bertz CT molecular complexity index is 1430. The fraction of sp³-hybridized carbons (Fsp3) is 0.259. The van der Waals surface area contributed by atoms with Crippen molar-refractivity contribution in [2.24, 2.45) is 0 Å². The summed E-state index contributed by atoms with van der Waals surface area (Å²) in [5, 5.41) is 6.90. The monoisotopic (exact) mass is 488 g/mol. The molecule has 0 bridgehead atoms. The molecule has 0 saturated heterocycles. The van der Waals surface area contributed by atoms with Crippen molar-refractivity contribution in [3.05, 3.63) is 81.8 Å². The molecule has 4 aromatic rings. The van der Waals surface area contributed by atoms with Crippen LogP contribution >= 0.6 is 0 Å². The molecular formula is C27H28N4O5. The summed E-state index contributed by atoms with van der Waals surface area (Å²) in [5.41, 5.74) is 3.07. The molecule has 0 aliphatic rings. The molecule has 9 heteroatoms. The summed E-state index contributed by atoms with van der Waals surface area (Å²) in [6.45, 7) is 3.89. The molecule has 0 atom stereocenters. The van der Waals surface area contributed by atoms with Crippen LogP contribution in [0.1, 0.15) is 16.8 Å². The Hall–Kier alpha value is -4.40. The summed E-state index contributed by atoms with van der Waals surface area (Å²) in [6.07, 6.45) is 0.601. The van der Waals surface area contributed by atoms with Crippen molar-refractivity contribution >= 4 is 5.91 Å². The van der Waals surface area contributed by atoms with Gasteiger partial charge in [-0.05, 0) is 49.6 Å². The molecule has 4 rings (SSSR count). The van der Waals surface area contributed by atoms with Crippen molar-refractivity contribution in [1.82, 2.24) is 20.0 Å². The quantitative estimate of drug-likeness (QED) is 0.384. The number of nitrogens with one attached hydrogen (secondary N) is 1. The Morgan fingerprint density at radius 3 is 2.50 bits per heavy atom. The van der Waals surface area contributed by atoms with E-state index >= 15 is 0 Å². The maximum atomic E-state index is 13.3. The van der Waals surface area contributed by atoms with E-state index < -0.39 is 0 Å². The van der Waals surface area contributed by atoms with Crippen LogP contribution in [0, 0.1) is 13.8 Å². The van der Waals surface area contributed by atoms with E-state index in [4.69, 9.17) is 14.0 Å². The third-order valence-corrected chi connectivity index (χ3v) is 5.86. The molecule has 0 aliphatic carbocycles. The first-order chi connectivity index (χ1) is 17.4. The number of hydrogen-bond donors (Lipinski definition) is 1. The number of carbonyl (C=O) groups excluding carboxylic acids is 1. The standard InChI is InChI=1S/C27H28N4O5/c1-17-14-18(2)31(16-23(32)28-13-12-19-10-11-21(34-3)22(15-19)35-4)27(33)24(17)26-29-25(30-36-26)20-8-6-5-7-9-20/h5-11,14-15H,12-13,16H2,1-4H3,(H,28,32). The minimum absolute atomic E-state index is 0.121. The van der Waals surface area contributed by atoms with E-state index in [0.717, 1.165) is 11.1 Å². The molecule has 1 N–H and O–H groups in total. The lowest BCUT2D eigenvalue weighted by Gasteiger charge is -2.13. The molecule has 0 saturated carbocycles. The van der Waals surface area contributed by atoms with Crippen molar-refractivity contribution in [2.75, 3.05) is 20.8 Å². The van der Waals surface area contributed by atoms with Crippen LogP contribution in [-0.4, -0.2) is 41.4 Å². The minimum atomic E-state index is -0.356. The highest BCUT2D eigenvalue weighted by Crippen LogP contribution is 2.27. The molecule has 2 aromatic heterocycles. The Morgan fingerprint density at radius 2 is 1.78 bits per heavy atom. The maximum absolute atomic E-state index is 13.3. The van der Waals surface area contributed by atoms with Crippen molar-refractivity contribution in [3.8, 4) is 34.3 Å². The number of amides is 1. The van der Waals surface area contributed by atoms with Crippen molar-refractivity contribution in [3.63, 3.8) is 0 Å². The molecule has 0 spiro atoms. The van der Waals surface area contributed by atoms with Crippen LogP contribution in [0.2, 0.25) is 0 Å². The third kappa shape index (κ3) is 5.30. The number of pyridine rings is 1. The second kappa shape index (κ2) is 10.9. The lowest BCUT2D eigenvalue weighted by molar-refractivity contribution is -0.121. The highest BCUT2D eigenvalue weighted by atomic mass is 16.5. The Balaban J connectivity index is 1.47. The highest BCUT2D eigenvalue weighted by molar-refractivity contribution is 5.76. The number of hydrogen-bond acceptors (Lipinski definition) is 7. The topological polar surface area (TPSA) is 108 Å². The SMILES string of the molecule is COc1ccc(CCNC(=O)Cn2c(C)cc(C)c(-c3nc(-c4ccccc4)no3)c2=O)cc1OC. The Kier molecular flexibility index (Phi) is 7.48. The maximum Gasteiger partial charge on any atom is 0.264 e. The van der Waals surface area contributed by atoms with Crippen LogP contribution in [0.5, 0.6) is 11.5 Å². The fourth-order valence-corrected chi connectivity index (χ4v) is 4.00. The van der Waals surface area contributed by atoms with Gasteiger partial charge in [0.05, 0.1) is 14.2 Å². The van der Waals surface area contributed by atoms with Gasteiger partial charge in [-0.1, -0.05) is 41.6 Å². The number of benzene rings is 2. The summed E-state index contributed by atoms with van der Waals surface area (Å²) < 4.78 is 17.4. The molecule has 0 aliphatic heterocycles. The molecule has 0 fully saturated rings. The van der Waals surface area contributed by atoms with Crippen LogP contribution in [0.3, 0.4) is 0 Å². The van der Waals surface area contributed by atoms with Gasteiger partial charge in [-0.2, -0.15) is 4.98 Å². The average Bonchev–Trinajstić information content (AvgIpc) is 3.36. The molecule has 36 heavy (non-hydrogen) atoms. The van der Waals surface area contributed by atoms with Crippen LogP contribution in [0.15, 0.2) is 63.9 Å². The first-order valence-electron chi connectivity index (χ1n) is 11.5. The van der Waals surface area contributed by atoms with Gasteiger partial charge in [0, 0.05) is 17.8 Å². The largest absolute Gasteiger partial charge is 0.493 e. The highest BCUT2D eigenvalue weighted by Gasteiger charge is 2.20. The van der Waals surface area contributed by atoms with E-state index in [-0.39, 0.29) is 29.5 Å². The van der Waals surface area contributed by atoms with Crippen LogP contribution in [0.25, 0.3) is 22.8 Å². The van der Waals surface area contributed by atoms with E-state index in [9.17, 15) is 9.59 Å². The van der Waals surface area contributed by atoms with Crippen LogP contribution < -0.4 is 20.3 Å². The average molecular weight is 489 g/mol. The van der Waals surface area contributed by atoms with E-state index in [1.165, 1.54) is 4.57 Å². The van der Waals surface area contributed by atoms with E-state index in [1.807, 2.05) is 61.5 Å². The number of aryl methyl sites for hydroxylation is 2. The summed E-state index contributed by atoms with van der Waals surface area (Å²) in [6, 6.07) is 16.8. The van der Waals surface area contributed by atoms with Gasteiger partial charge in [0.25, 0.3) is 11.4 Å². The van der Waals surface area contributed by atoms with Gasteiger partial charge in [-0.15, -0.1) is 0 Å². The normalized spacial score (nSPS) is 10.8. The number of methoxy groups -OCH3 is 2. The van der Waals surface area contributed by atoms with Gasteiger partial charge in [0.2, 0.25) is 11.7 Å². The molecule has 186 valence electrons. The predicted molar refractivity (Wildman–Crippen MR) is 135 cm³/mol. The predicted octanol–water partition coefficient (Wildman–Crippen LogP) is 3.56. The van der Waals surface area contributed by atoms with E-state index in [1.54, 1.807) is 21.1 Å². The summed E-state index contributed by atoms with van der Waals surface area (Å²) in [4.78, 5) is 30.5. The number of aromatic nitrogens is 3. The molecule has 2 aromatic carbocycles. The summed E-state index contributed by atoms with van der Waals surface area (Å²) in [5.74, 6) is 1.52. The lowest BCUT2D eigenvalue weighted by Crippen LogP contribution is -2.35. The molecule has 0 unspecified atom stereocenters. The first-order valence-corrected chi connectivity index (χ1v) is 11.5. The van der Waals surface area contributed by atoms with E-state index in [2.05, 4.69) is 15.5 Å². The zero-order valence-corrected chi connectivity index (χ0v) is 20.7. The van der Waals surface area contributed by atoms with Gasteiger partial charge >= 0.3 is 0 Å². The second-order valence-electron chi connectivity index (χ2n) is 8.31. The van der Waals surface area contributed by atoms with Crippen LogP contribution in [0.4, 0.5) is 0 Å². The van der Waals surface area contributed by atoms with Crippen molar-refractivity contribution in [2.45, 2.75) is 26.8 Å². The smallest absolute Gasteiger partial charge is 0.264 e. The van der Waals surface area contributed by atoms with Gasteiger partial charge in [0.1, 0.15) is 12.1 Å². The lowest BCUT2D eigenvalue weighted by atomic mass is 10.1. The second-order valence-corrected chi connectivity index (χ2v) is 8.31. The van der Waals surface area contributed by atoms with Gasteiger partial charge < -0.3 is 23.9 Å². The third-order valence-electron chi connectivity index (χ3n) is 5.86. The number of carbonyl (C=O) groups is 1. The molecular weight excluding hydrogens is 460 g/mol. The molecule has 0 radical (unpaired) electrons. The zero-order valence-electron chi connectivity index (χ0n) is 20.7. The Labute approximate surface area is 208 Å². The van der Waals surface area contributed by atoms with Gasteiger partial charge in [0.15, 0.2) is 11.5 Å². The van der Waals surface area contributed by atoms with Gasteiger partial charge in [-0.3, -0.25) is 9.59 Å². The first kappa shape index (κ1) is 24.7. The Morgan fingerprint density at radius 1 is 1.03 bits per heavy atom. The minimum Gasteiger partial charge on any atom is -0.493 e. The van der Waals surface area contributed by atoms with E-state index in [0.29, 0.717) is 41.5 Å².